The second kappa shape index (κ2) is 9.58. The molecule has 0 unspecified atom stereocenters. The second-order valence-corrected chi connectivity index (χ2v) is 8.63. The zero-order valence-corrected chi connectivity index (χ0v) is 19.2. The summed E-state index contributed by atoms with van der Waals surface area (Å²) >= 11 is 6.21. The Bertz CT molecular complexity index is 1300. The van der Waals surface area contributed by atoms with E-state index in [1.165, 1.54) is 18.2 Å². The number of carbonyl (C=O) groups excluding carboxylic acids is 1. The number of likely N-dealkylation sites (tertiary alicyclic amines) is 1. The summed E-state index contributed by atoms with van der Waals surface area (Å²) in [5.74, 6) is -0.858. The molecule has 11 heteroatoms. The van der Waals surface area contributed by atoms with Crippen molar-refractivity contribution < 1.29 is 26.9 Å². The van der Waals surface area contributed by atoms with Crippen LogP contribution in [-0.2, 0) is 12.7 Å². The van der Waals surface area contributed by atoms with Crippen LogP contribution >= 0.6 is 11.6 Å². The molecule has 1 fully saturated rings. The summed E-state index contributed by atoms with van der Waals surface area (Å²) in [5.41, 5.74) is -0.364. The molecule has 1 aliphatic heterocycles. The molecule has 2 heterocycles. The largest absolute Gasteiger partial charge is 0.416 e. The summed E-state index contributed by atoms with van der Waals surface area (Å²) < 4.78 is 59.6. The molecule has 0 radical (unpaired) electrons. The molecule has 0 saturated carbocycles. The van der Waals surface area contributed by atoms with E-state index < -0.39 is 17.6 Å². The van der Waals surface area contributed by atoms with Crippen molar-refractivity contribution in [2.45, 2.75) is 32.1 Å². The highest BCUT2D eigenvalue weighted by Crippen LogP contribution is 2.36. The van der Waals surface area contributed by atoms with Crippen LogP contribution in [0.15, 0.2) is 47.0 Å². The molecule has 182 valence electrons. The van der Waals surface area contributed by atoms with Gasteiger partial charge in [0.05, 0.1) is 16.1 Å². The Morgan fingerprint density at radius 1 is 1.29 bits per heavy atom. The van der Waals surface area contributed by atoms with Crippen molar-refractivity contribution in [3.8, 4) is 6.07 Å². The van der Waals surface area contributed by atoms with Gasteiger partial charge in [-0.15, -0.1) is 0 Å². The zero-order valence-electron chi connectivity index (χ0n) is 18.4. The van der Waals surface area contributed by atoms with E-state index in [0.29, 0.717) is 30.5 Å². The summed E-state index contributed by atoms with van der Waals surface area (Å²) in [6.45, 7) is 2.01. The predicted molar refractivity (Wildman–Crippen MR) is 119 cm³/mol. The lowest BCUT2D eigenvalue weighted by Gasteiger charge is -2.32. The Hall–Kier alpha value is -3.58. The third kappa shape index (κ3) is 5.25. The lowest BCUT2D eigenvalue weighted by atomic mass is 10.0. The molecule has 0 aliphatic carbocycles. The smallest absolute Gasteiger partial charge is 0.362 e. The quantitative estimate of drug-likeness (QED) is 0.422. The van der Waals surface area contributed by atoms with Gasteiger partial charge in [-0.25, -0.2) is 4.39 Å². The number of amides is 1. The maximum atomic E-state index is 13.7. The van der Waals surface area contributed by atoms with Crippen LogP contribution in [-0.4, -0.2) is 35.1 Å². The summed E-state index contributed by atoms with van der Waals surface area (Å²) in [4.78, 5) is 16.1. The SMILES string of the molecule is Cc1cc(C(=O)N2CC[C@H](N(Cc3ccc(F)cc3C(F)(F)F)c3ccc(C#N)c(Cl)c3)C2)no1. The first-order valence-electron chi connectivity index (χ1n) is 10.6. The number of nitrogens with zero attached hydrogens (tertiary/aromatic N) is 4. The van der Waals surface area contributed by atoms with Gasteiger partial charge < -0.3 is 14.3 Å². The Morgan fingerprint density at radius 2 is 2.06 bits per heavy atom. The van der Waals surface area contributed by atoms with E-state index in [1.54, 1.807) is 22.8 Å². The normalized spacial score (nSPS) is 15.8. The van der Waals surface area contributed by atoms with E-state index in [2.05, 4.69) is 5.16 Å². The summed E-state index contributed by atoms with van der Waals surface area (Å²) in [7, 11) is 0. The maximum absolute atomic E-state index is 13.7. The van der Waals surface area contributed by atoms with Gasteiger partial charge in [0.15, 0.2) is 5.69 Å². The van der Waals surface area contributed by atoms with E-state index >= 15 is 0 Å². The van der Waals surface area contributed by atoms with Gasteiger partial charge in [-0.3, -0.25) is 4.79 Å². The lowest BCUT2D eigenvalue weighted by molar-refractivity contribution is -0.138. The molecule has 3 aromatic rings. The first kappa shape index (κ1) is 24.5. The van der Waals surface area contributed by atoms with Crippen molar-refractivity contribution in [1.29, 1.82) is 5.26 Å². The third-order valence-corrected chi connectivity index (χ3v) is 6.17. The summed E-state index contributed by atoms with van der Waals surface area (Å²) in [5, 5.41) is 13.1. The van der Waals surface area contributed by atoms with Crippen molar-refractivity contribution in [2.75, 3.05) is 18.0 Å². The number of rotatable bonds is 5. The van der Waals surface area contributed by atoms with Gasteiger partial charge in [-0.05, 0) is 49.2 Å². The molecule has 35 heavy (non-hydrogen) atoms. The van der Waals surface area contributed by atoms with Gasteiger partial charge in [-0.2, -0.15) is 18.4 Å². The minimum absolute atomic E-state index is 0.128. The maximum Gasteiger partial charge on any atom is 0.416 e. The van der Waals surface area contributed by atoms with Crippen LogP contribution in [0.25, 0.3) is 0 Å². The topological polar surface area (TPSA) is 73.4 Å². The van der Waals surface area contributed by atoms with Crippen LogP contribution < -0.4 is 4.90 Å². The number of nitriles is 1. The fourth-order valence-electron chi connectivity index (χ4n) is 4.15. The molecular formula is C24H19ClF4N4O2. The predicted octanol–water partition coefficient (Wildman–Crippen LogP) is 5.59. The van der Waals surface area contributed by atoms with Gasteiger partial charge in [0.25, 0.3) is 5.91 Å². The van der Waals surface area contributed by atoms with Crippen LogP contribution in [0.5, 0.6) is 0 Å². The first-order valence-corrected chi connectivity index (χ1v) is 11.0. The highest BCUT2D eigenvalue weighted by molar-refractivity contribution is 6.32. The highest BCUT2D eigenvalue weighted by atomic mass is 35.5. The molecule has 1 aromatic heterocycles. The number of hydrogen-bond acceptors (Lipinski definition) is 5. The van der Waals surface area contributed by atoms with Crippen molar-refractivity contribution in [3.05, 3.63) is 81.4 Å². The van der Waals surface area contributed by atoms with Crippen LogP contribution in [0.1, 0.15) is 39.4 Å². The van der Waals surface area contributed by atoms with Gasteiger partial charge in [0, 0.05) is 37.4 Å². The Labute approximate surface area is 203 Å². The van der Waals surface area contributed by atoms with Crippen LogP contribution in [0.2, 0.25) is 5.02 Å². The molecule has 0 N–H and O–H groups in total. The number of halogens is 5. The standard InChI is InChI=1S/C24H19ClF4N4O2/c1-14-8-22(31-35-14)23(34)32-7-6-19(13-32)33(18-5-3-15(11-30)21(25)10-18)12-16-2-4-17(26)9-20(16)24(27,28)29/h2-5,8-10,19H,6-7,12-13H2,1H3/t19-/m0/s1. The minimum Gasteiger partial charge on any atom is -0.362 e. The Morgan fingerprint density at radius 3 is 2.69 bits per heavy atom. The summed E-state index contributed by atoms with van der Waals surface area (Å²) in [6.07, 6.45) is -4.29. The van der Waals surface area contributed by atoms with Gasteiger partial charge in [0.1, 0.15) is 17.6 Å². The van der Waals surface area contributed by atoms with Gasteiger partial charge in [-0.1, -0.05) is 22.8 Å². The number of aromatic nitrogens is 1. The molecular weight excluding hydrogens is 488 g/mol. The van der Waals surface area contributed by atoms with E-state index in [-0.39, 0.29) is 46.9 Å². The first-order chi connectivity index (χ1) is 16.6. The van der Waals surface area contributed by atoms with Crippen LogP contribution in [0.3, 0.4) is 0 Å². The number of alkyl halides is 3. The molecule has 6 nitrogen and oxygen atoms in total. The number of aryl methyl sites for hydroxylation is 1. The third-order valence-electron chi connectivity index (χ3n) is 5.86. The van der Waals surface area contributed by atoms with Gasteiger partial charge in [0.2, 0.25) is 0 Å². The van der Waals surface area contributed by atoms with E-state index in [4.69, 9.17) is 16.1 Å². The molecule has 1 aliphatic rings. The van der Waals surface area contributed by atoms with Crippen molar-refractivity contribution in [1.82, 2.24) is 10.1 Å². The number of benzene rings is 2. The number of anilines is 1. The Balaban J connectivity index is 1.68. The minimum atomic E-state index is -4.76. The van der Waals surface area contributed by atoms with Crippen molar-refractivity contribution in [2.24, 2.45) is 0 Å². The summed E-state index contributed by atoms with van der Waals surface area (Å²) in [6, 6.07) is 10.2. The van der Waals surface area contributed by atoms with E-state index in [9.17, 15) is 27.6 Å². The lowest BCUT2D eigenvalue weighted by Crippen LogP contribution is -2.39. The van der Waals surface area contributed by atoms with Crippen molar-refractivity contribution in [3.63, 3.8) is 0 Å². The average molecular weight is 507 g/mol. The van der Waals surface area contributed by atoms with Crippen molar-refractivity contribution >= 4 is 23.2 Å². The van der Waals surface area contributed by atoms with E-state index in [1.807, 2.05) is 6.07 Å². The fraction of sp³-hybridized carbons (Fsp3) is 0.292. The average Bonchev–Trinajstić information content (AvgIpc) is 3.46. The van der Waals surface area contributed by atoms with E-state index in [0.717, 1.165) is 12.1 Å². The van der Waals surface area contributed by atoms with Crippen LogP contribution in [0, 0.1) is 24.1 Å². The molecule has 1 saturated heterocycles. The molecule has 4 rings (SSSR count). The molecule has 1 amide bonds. The molecule has 0 spiro atoms. The zero-order chi connectivity index (χ0) is 25.3. The number of carbonyl (C=O) groups is 1. The molecule has 2 aromatic carbocycles. The monoisotopic (exact) mass is 506 g/mol. The number of hydrogen-bond donors (Lipinski definition) is 0. The molecule has 1 atom stereocenters. The van der Waals surface area contributed by atoms with Gasteiger partial charge >= 0.3 is 6.18 Å². The molecule has 0 bridgehead atoms. The Kier molecular flexibility index (Phi) is 6.72. The highest BCUT2D eigenvalue weighted by Gasteiger charge is 2.37. The fourth-order valence-corrected chi connectivity index (χ4v) is 4.37. The van der Waals surface area contributed by atoms with Crippen LogP contribution in [0.4, 0.5) is 23.2 Å². The second-order valence-electron chi connectivity index (χ2n) is 8.22.